The van der Waals surface area contributed by atoms with E-state index in [2.05, 4.69) is 15.3 Å². The molecule has 11 heteroatoms. The summed E-state index contributed by atoms with van der Waals surface area (Å²) in [5.74, 6) is -0.148. The molecule has 2 N–H and O–H groups in total. The van der Waals surface area contributed by atoms with Crippen molar-refractivity contribution < 1.29 is 19.5 Å². The number of para-hydroxylation sites is 1. The Morgan fingerprint density at radius 1 is 1.27 bits per heavy atom. The maximum Gasteiger partial charge on any atom is 0.407 e. The van der Waals surface area contributed by atoms with Gasteiger partial charge in [0.25, 0.3) is 5.91 Å². The van der Waals surface area contributed by atoms with Crippen LogP contribution in [-0.2, 0) is 4.79 Å². The molecule has 1 aromatic carbocycles. The van der Waals surface area contributed by atoms with E-state index in [1.807, 2.05) is 23.6 Å². The van der Waals surface area contributed by atoms with E-state index in [-0.39, 0.29) is 24.4 Å². The standard InChI is InChI=1S/C26H29ClN6O4/c1-17-15-18(11-12-28-17)24(35)30-25-29-21-9-5-8-20(27)23(21)33(25)19-7-3-4-14-32(16-19)22(34)10-6-13-31(2)26(36)37/h5-6,8-12,15,19H,3-4,7,13-14,16H2,1-2H3,(H,36,37)(H,29,30,35)/b10-6+/t19-/m1/s1. The number of nitrogens with zero attached hydrogens (tertiary/aromatic N) is 5. The first kappa shape index (κ1) is 26.2. The Bertz CT molecular complexity index is 1350. The summed E-state index contributed by atoms with van der Waals surface area (Å²) in [5.41, 5.74) is 2.53. The Balaban J connectivity index is 1.64. The van der Waals surface area contributed by atoms with Crippen molar-refractivity contribution in [2.45, 2.75) is 32.2 Å². The van der Waals surface area contributed by atoms with Crippen LogP contribution in [0, 0.1) is 6.92 Å². The van der Waals surface area contributed by atoms with Gasteiger partial charge in [0, 0.05) is 50.2 Å². The number of benzene rings is 1. The summed E-state index contributed by atoms with van der Waals surface area (Å²) in [6.07, 6.45) is 5.94. The number of nitrogens with one attached hydrogen (secondary N) is 1. The fraction of sp³-hybridized carbons (Fsp3) is 0.346. The molecule has 0 radical (unpaired) electrons. The van der Waals surface area contributed by atoms with Crippen LogP contribution in [0.3, 0.4) is 0 Å². The molecule has 0 saturated carbocycles. The third kappa shape index (κ3) is 6.08. The number of halogens is 1. The molecule has 1 aliphatic heterocycles. The smallest absolute Gasteiger partial charge is 0.407 e. The van der Waals surface area contributed by atoms with Gasteiger partial charge in [-0.05, 0) is 50.5 Å². The highest BCUT2D eigenvalue weighted by atomic mass is 35.5. The number of hydrogen-bond donors (Lipinski definition) is 2. The molecule has 0 aliphatic carbocycles. The molecule has 1 aliphatic rings. The van der Waals surface area contributed by atoms with Gasteiger partial charge in [-0.25, -0.2) is 9.78 Å². The highest BCUT2D eigenvalue weighted by molar-refractivity contribution is 6.35. The number of amides is 3. The highest BCUT2D eigenvalue weighted by Crippen LogP contribution is 2.34. The molecule has 3 aromatic rings. The lowest BCUT2D eigenvalue weighted by Gasteiger charge is -2.26. The SMILES string of the molecule is Cc1cc(C(=O)Nc2nc3cccc(Cl)c3n2[C@@H]2CCCCN(C(=O)/C=C/CN(C)C(=O)O)C2)ccn1. The molecule has 1 fully saturated rings. The Morgan fingerprint density at radius 3 is 2.84 bits per heavy atom. The molecule has 3 amide bonds. The van der Waals surface area contributed by atoms with Gasteiger partial charge in [-0.15, -0.1) is 0 Å². The van der Waals surface area contributed by atoms with Crippen LogP contribution in [0.2, 0.25) is 5.02 Å². The molecule has 1 saturated heterocycles. The minimum Gasteiger partial charge on any atom is -0.465 e. The molecule has 10 nitrogen and oxygen atoms in total. The molecule has 0 bridgehead atoms. The van der Waals surface area contributed by atoms with Crippen LogP contribution in [0.4, 0.5) is 10.7 Å². The van der Waals surface area contributed by atoms with Crippen molar-refractivity contribution in [3.05, 3.63) is 65.0 Å². The van der Waals surface area contributed by atoms with Crippen molar-refractivity contribution in [2.24, 2.45) is 0 Å². The minimum absolute atomic E-state index is 0.116. The number of likely N-dealkylation sites (tertiary alicyclic amines) is 1. The van der Waals surface area contributed by atoms with Crippen LogP contribution in [-0.4, -0.2) is 74.0 Å². The minimum atomic E-state index is -1.06. The van der Waals surface area contributed by atoms with Crippen LogP contribution >= 0.6 is 11.6 Å². The monoisotopic (exact) mass is 524 g/mol. The summed E-state index contributed by atoms with van der Waals surface area (Å²) < 4.78 is 1.93. The van der Waals surface area contributed by atoms with E-state index in [0.717, 1.165) is 29.9 Å². The normalized spacial score (nSPS) is 16.1. The molecular weight excluding hydrogens is 496 g/mol. The lowest BCUT2D eigenvalue weighted by atomic mass is 10.1. The average molecular weight is 525 g/mol. The zero-order chi connectivity index (χ0) is 26.5. The van der Waals surface area contributed by atoms with E-state index in [0.29, 0.717) is 40.7 Å². The Morgan fingerprint density at radius 2 is 2.08 bits per heavy atom. The molecule has 1 atom stereocenters. The number of carbonyl (C=O) groups is 3. The van der Waals surface area contributed by atoms with Crippen LogP contribution in [0.25, 0.3) is 11.0 Å². The average Bonchev–Trinajstić information content (AvgIpc) is 3.05. The number of likely N-dealkylation sites (N-methyl/N-ethyl adjacent to an activating group) is 1. The number of aromatic nitrogens is 3. The van der Waals surface area contributed by atoms with Gasteiger partial charge in [-0.3, -0.25) is 19.9 Å². The van der Waals surface area contributed by atoms with Gasteiger partial charge >= 0.3 is 6.09 Å². The fourth-order valence-corrected chi connectivity index (χ4v) is 4.70. The first-order valence-corrected chi connectivity index (χ1v) is 12.4. The second-order valence-corrected chi connectivity index (χ2v) is 9.46. The van der Waals surface area contributed by atoms with E-state index in [1.165, 1.54) is 13.1 Å². The lowest BCUT2D eigenvalue weighted by molar-refractivity contribution is -0.126. The van der Waals surface area contributed by atoms with Gasteiger partial charge in [-0.2, -0.15) is 0 Å². The van der Waals surface area contributed by atoms with E-state index in [4.69, 9.17) is 16.7 Å². The topological polar surface area (TPSA) is 121 Å². The van der Waals surface area contributed by atoms with Gasteiger partial charge in [0.05, 0.1) is 22.1 Å². The summed E-state index contributed by atoms with van der Waals surface area (Å²) in [7, 11) is 1.44. The Kier molecular flexibility index (Phi) is 8.08. The molecule has 3 heterocycles. The van der Waals surface area contributed by atoms with E-state index < -0.39 is 6.09 Å². The quantitative estimate of drug-likeness (QED) is 0.462. The van der Waals surface area contributed by atoms with Gasteiger partial charge in [-0.1, -0.05) is 23.7 Å². The zero-order valence-corrected chi connectivity index (χ0v) is 21.5. The predicted molar refractivity (Wildman–Crippen MR) is 141 cm³/mol. The number of fused-ring (bicyclic) bond motifs is 1. The van der Waals surface area contributed by atoms with Gasteiger partial charge in [0.1, 0.15) is 0 Å². The molecule has 4 rings (SSSR count). The first-order chi connectivity index (χ1) is 17.7. The van der Waals surface area contributed by atoms with Gasteiger partial charge in [0.2, 0.25) is 11.9 Å². The van der Waals surface area contributed by atoms with Crippen molar-refractivity contribution >= 4 is 46.5 Å². The van der Waals surface area contributed by atoms with E-state index in [1.54, 1.807) is 35.4 Å². The van der Waals surface area contributed by atoms with Crippen molar-refractivity contribution in [3.8, 4) is 0 Å². The van der Waals surface area contributed by atoms with Crippen LogP contribution in [0.15, 0.2) is 48.7 Å². The largest absolute Gasteiger partial charge is 0.465 e. The number of carboxylic acid groups (broad SMARTS) is 1. The number of aryl methyl sites for hydroxylation is 1. The summed E-state index contributed by atoms with van der Waals surface area (Å²) in [4.78, 5) is 48.7. The maximum absolute atomic E-state index is 13.1. The summed E-state index contributed by atoms with van der Waals surface area (Å²) in [5, 5.41) is 12.4. The molecule has 194 valence electrons. The molecular formula is C26H29ClN6O4. The van der Waals surface area contributed by atoms with E-state index >= 15 is 0 Å². The molecule has 0 unspecified atom stereocenters. The van der Waals surface area contributed by atoms with Gasteiger partial charge < -0.3 is 19.5 Å². The van der Waals surface area contributed by atoms with Crippen molar-refractivity contribution in [1.29, 1.82) is 0 Å². The number of imidazole rings is 1. The highest BCUT2D eigenvalue weighted by Gasteiger charge is 2.27. The fourth-order valence-electron chi connectivity index (χ4n) is 4.44. The number of carbonyl (C=O) groups excluding carboxylic acids is 2. The third-order valence-electron chi connectivity index (χ3n) is 6.33. The van der Waals surface area contributed by atoms with E-state index in [9.17, 15) is 14.4 Å². The van der Waals surface area contributed by atoms with Crippen molar-refractivity contribution in [2.75, 3.05) is 32.0 Å². The first-order valence-electron chi connectivity index (χ1n) is 12.0. The lowest BCUT2D eigenvalue weighted by Crippen LogP contribution is -2.35. The zero-order valence-electron chi connectivity index (χ0n) is 20.7. The molecule has 37 heavy (non-hydrogen) atoms. The maximum atomic E-state index is 13.1. The van der Waals surface area contributed by atoms with Crippen molar-refractivity contribution in [3.63, 3.8) is 0 Å². The van der Waals surface area contributed by atoms with Crippen LogP contribution < -0.4 is 5.32 Å². The molecule has 2 aromatic heterocycles. The number of hydrogen-bond acceptors (Lipinski definition) is 5. The van der Waals surface area contributed by atoms with Gasteiger partial charge in [0.15, 0.2) is 0 Å². The molecule has 0 spiro atoms. The van der Waals surface area contributed by atoms with Crippen LogP contribution in [0.1, 0.15) is 41.4 Å². The summed E-state index contributed by atoms with van der Waals surface area (Å²) >= 11 is 6.61. The number of anilines is 1. The second kappa shape index (κ2) is 11.4. The van der Waals surface area contributed by atoms with Crippen LogP contribution in [0.5, 0.6) is 0 Å². The second-order valence-electron chi connectivity index (χ2n) is 9.05. The number of pyridine rings is 1. The predicted octanol–water partition coefficient (Wildman–Crippen LogP) is 4.37. The third-order valence-corrected chi connectivity index (χ3v) is 6.64. The Labute approximate surface area is 219 Å². The summed E-state index contributed by atoms with van der Waals surface area (Å²) in [6, 6.07) is 8.59. The number of rotatable bonds is 6. The van der Waals surface area contributed by atoms with Crippen molar-refractivity contribution in [1.82, 2.24) is 24.3 Å². The summed E-state index contributed by atoms with van der Waals surface area (Å²) in [6.45, 7) is 2.90. The Hall–Kier alpha value is -3.92.